The molecule has 32 heavy (non-hydrogen) atoms. The lowest BCUT2D eigenvalue weighted by Crippen LogP contribution is -2.45. The number of rotatable bonds is 1. The summed E-state index contributed by atoms with van der Waals surface area (Å²) in [5.74, 6) is 0. The van der Waals surface area contributed by atoms with E-state index in [-0.39, 0.29) is 17.8 Å². The fourth-order valence-corrected chi connectivity index (χ4v) is 23.3. The van der Waals surface area contributed by atoms with E-state index in [0.717, 1.165) is 6.61 Å². The molecule has 1 aliphatic heterocycles. The smallest absolute Gasteiger partial charge is 0.141 e. The lowest BCUT2D eigenvalue weighted by molar-refractivity contribution is 0.367. The second-order valence-electron chi connectivity index (χ2n) is 9.36. The van der Waals surface area contributed by atoms with Crippen LogP contribution >= 0.6 is 0 Å². The molecule has 5 heteroatoms. The van der Waals surface area contributed by atoms with Gasteiger partial charge < -0.3 is 9.33 Å². The zero-order valence-electron chi connectivity index (χ0n) is 19.3. The third-order valence-electron chi connectivity index (χ3n) is 6.40. The number of hydrogen-bond donors (Lipinski definition) is 0. The lowest BCUT2D eigenvalue weighted by Gasteiger charge is -2.22. The van der Waals surface area contributed by atoms with Gasteiger partial charge in [0.05, 0.1) is 8.31 Å². The zero-order chi connectivity index (χ0) is 22.1. The van der Waals surface area contributed by atoms with Gasteiger partial charge in [-0.15, -0.1) is 0 Å². The van der Waals surface area contributed by atoms with Gasteiger partial charge in [0.15, 0.2) is 0 Å². The van der Waals surface area contributed by atoms with E-state index in [1.165, 1.54) is 49.1 Å². The highest BCUT2D eigenvalue weighted by Crippen LogP contribution is 2.32. The Morgan fingerprint density at radius 2 is 1.28 bits per heavy atom. The van der Waals surface area contributed by atoms with Crippen LogP contribution < -0.4 is 5.19 Å². The van der Waals surface area contributed by atoms with Crippen molar-refractivity contribution < 1.29 is 4.43 Å². The molecule has 5 aromatic rings. The summed E-state index contributed by atoms with van der Waals surface area (Å²) in [5.41, 5.74) is 0. The predicted molar refractivity (Wildman–Crippen MR) is 151 cm³/mol. The maximum Gasteiger partial charge on any atom is 0.141 e. The molecule has 1 saturated heterocycles. The SMILES string of the molecule is CN(C)C.c1ccc2cc3c(ccc4cc5cccc([SiH]6CCO[SiH2][SiH2]6)c5cc43)cc2c1. The minimum Gasteiger partial charge on any atom is -0.428 e. The molecular formula is C27H31NOSi3. The summed E-state index contributed by atoms with van der Waals surface area (Å²) in [4.78, 5) is 2.00. The molecule has 0 aliphatic carbocycles. The molecule has 1 aliphatic rings. The van der Waals surface area contributed by atoms with Crippen molar-refractivity contribution in [2.45, 2.75) is 6.04 Å². The van der Waals surface area contributed by atoms with Crippen molar-refractivity contribution in [1.29, 1.82) is 0 Å². The highest BCUT2D eigenvalue weighted by Gasteiger charge is 2.20. The quantitative estimate of drug-likeness (QED) is 0.211. The maximum atomic E-state index is 5.84. The highest BCUT2D eigenvalue weighted by atomic mass is 29.5. The average molecular weight is 470 g/mol. The third-order valence-corrected chi connectivity index (χ3v) is 24.8. The van der Waals surface area contributed by atoms with Gasteiger partial charge in [0.1, 0.15) is 9.28 Å². The minimum atomic E-state index is -0.742. The van der Waals surface area contributed by atoms with E-state index >= 15 is 0 Å². The van der Waals surface area contributed by atoms with Crippen LogP contribution in [0.15, 0.2) is 78.9 Å². The number of nitrogens with zero attached hydrogens (tertiary/aromatic N) is 1. The van der Waals surface area contributed by atoms with Crippen LogP contribution in [0.25, 0.3) is 43.1 Å². The molecule has 0 bridgehead atoms. The van der Waals surface area contributed by atoms with Crippen LogP contribution in [0, 0.1) is 0 Å². The van der Waals surface area contributed by atoms with Crippen molar-refractivity contribution in [3.63, 3.8) is 0 Å². The van der Waals surface area contributed by atoms with Crippen molar-refractivity contribution in [3.8, 4) is 0 Å². The Morgan fingerprint density at radius 1 is 0.688 bits per heavy atom. The van der Waals surface area contributed by atoms with Crippen LogP contribution in [0.1, 0.15) is 0 Å². The normalized spacial score (nSPS) is 18.1. The first-order valence-corrected chi connectivity index (χ1v) is 20.8. The molecule has 1 heterocycles. The highest BCUT2D eigenvalue weighted by molar-refractivity contribution is 7.39. The van der Waals surface area contributed by atoms with Crippen LogP contribution in [-0.2, 0) is 4.43 Å². The zero-order valence-corrected chi connectivity index (χ0v) is 23.2. The molecule has 0 saturated carbocycles. The first kappa shape index (κ1) is 21.6. The van der Waals surface area contributed by atoms with E-state index in [4.69, 9.17) is 4.43 Å². The fraction of sp³-hybridized carbons (Fsp3) is 0.185. The molecule has 0 radical (unpaired) electrons. The Bertz CT molecular complexity index is 1410. The lowest BCUT2D eigenvalue weighted by atomic mass is 9.96. The Kier molecular flexibility index (Phi) is 6.26. The van der Waals surface area contributed by atoms with Gasteiger partial charge in [0, 0.05) is 15.2 Å². The van der Waals surface area contributed by atoms with Crippen molar-refractivity contribution >= 4 is 74.4 Å². The van der Waals surface area contributed by atoms with Crippen LogP contribution in [0.2, 0.25) is 6.04 Å². The molecule has 1 unspecified atom stereocenters. The molecule has 5 aromatic carbocycles. The van der Waals surface area contributed by atoms with Gasteiger partial charge >= 0.3 is 0 Å². The fourth-order valence-electron chi connectivity index (χ4n) is 4.91. The van der Waals surface area contributed by atoms with Crippen molar-refractivity contribution in [2.75, 3.05) is 27.7 Å². The molecule has 0 aromatic heterocycles. The second-order valence-corrected chi connectivity index (χ2v) is 24.5. The summed E-state index contributed by atoms with van der Waals surface area (Å²) in [6, 6.07) is 31.3. The summed E-state index contributed by atoms with van der Waals surface area (Å²) >= 11 is 0. The van der Waals surface area contributed by atoms with Gasteiger partial charge in [-0.05, 0) is 94.5 Å². The molecule has 1 fully saturated rings. The molecule has 6 rings (SSSR count). The standard InChI is InChI=1S/C24H22OSi3.C3H9N/c1-2-5-17-14-21-19(12-16(17)4-1)8-9-20-13-18-6-3-7-24(23(18)15-22(20)21)28-11-10-25-26-27-28;1-4(2)3/h1-9,12-15,28H,10-11,26-27H2;1-3H3. The van der Waals surface area contributed by atoms with E-state index in [1.807, 2.05) is 26.0 Å². The summed E-state index contributed by atoms with van der Waals surface area (Å²) in [6.45, 7) is 1.04. The molecule has 0 N–H and O–H groups in total. The summed E-state index contributed by atoms with van der Waals surface area (Å²) in [7, 11) is 5.18. The molecule has 2 nitrogen and oxygen atoms in total. The third kappa shape index (κ3) is 4.31. The van der Waals surface area contributed by atoms with Gasteiger partial charge in [0.2, 0.25) is 0 Å². The Labute approximate surface area is 196 Å². The average Bonchev–Trinajstić information content (AvgIpc) is 2.81. The molecule has 1 atom stereocenters. The van der Waals surface area contributed by atoms with Crippen molar-refractivity contribution in [1.82, 2.24) is 4.90 Å². The number of hydrogen-bond acceptors (Lipinski definition) is 2. The van der Waals surface area contributed by atoms with E-state index in [1.54, 1.807) is 5.19 Å². The van der Waals surface area contributed by atoms with Crippen LogP contribution in [0.4, 0.5) is 0 Å². The van der Waals surface area contributed by atoms with Gasteiger partial charge in [-0.2, -0.15) is 0 Å². The van der Waals surface area contributed by atoms with Gasteiger partial charge in [0.25, 0.3) is 0 Å². The van der Waals surface area contributed by atoms with Crippen LogP contribution in [0.3, 0.4) is 0 Å². The van der Waals surface area contributed by atoms with Crippen LogP contribution in [-0.4, -0.2) is 58.8 Å². The largest absolute Gasteiger partial charge is 0.428 e. The van der Waals surface area contributed by atoms with E-state index < -0.39 is 8.31 Å². The van der Waals surface area contributed by atoms with Crippen molar-refractivity contribution in [2.24, 2.45) is 0 Å². The van der Waals surface area contributed by atoms with Gasteiger partial charge in [-0.1, -0.05) is 59.8 Å². The Hall–Kier alpha value is -2.29. The summed E-state index contributed by atoms with van der Waals surface area (Å²) < 4.78 is 5.84. The minimum absolute atomic E-state index is 0.0710. The van der Waals surface area contributed by atoms with Crippen LogP contribution in [0.5, 0.6) is 0 Å². The number of benzene rings is 5. The van der Waals surface area contributed by atoms with E-state index in [0.29, 0.717) is 0 Å². The molecule has 0 amide bonds. The predicted octanol–water partition coefficient (Wildman–Crippen LogP) is 3.61. The molecule has 0 spiro atoms. The first-order chi connectivity index (χ1) is 15.6. The summed E-state index contributed by atoms with van der Waals surface area (Å²) in [5, 5.41) is 12.8. The maximum absolute atomic E-state index is 5.84. The monoisotopic (exact) mass is 469 g/mol. The topological polar surface area (TPSA) is 12.5 Å². The molecule has 162 valence electrons. The Balaban J connectivity index is 0.000000501. The second kappa shape index (κ2) is 9.29. The van der Waals surface area contributed by atoms with E-state index in [2.05, 4.69) is 78.9 Å². The number of fused-ring (bicyclic) bond motifs is 5. The van der Waals surface area contributed by atoms with E-state index in [9.17, 15) is 0 Å². The molecular weight excluding hydrogens is 439 g/mol. The van der Waals surface area contributed by atoms with Gasteiger partial charge in [-0.25, -0.2) is 0 Å². The summed E-state index contributed by atoms with van der Waals surface area (Å²) in [6.07, 6.45) is 0. The Morgan fingerprint density at radius 3 is 1.97 bits per heavy atom. The van der Waals surface area contributed by atoms with Gasteiger partial charge in [-0.3, -0.25) is 0 Å². The first-order valence-electron chi connectivity index (χ1n) is 11.6. The van der Waals surface area contributed by atoms with Crippen molar-refractivity contribution in [3.05, 3.63) is 78.9 Å².